The SMILES string of the molecule is COC(=O)[C@@H](CCSC)NC(=O)c1ccc(Cl)nc1. The second kappa shape index (κ2) is 8.01. The number of carbonyl (C=O) groups is 2. The molecule has 0 saturated heterocycles. The van der Waals surface area contributed by atoms with Gasteiger partial charge in [-0.05, 0) is 30.6 Å². The molecule has 0 fully saturated rings. The van der Waals surface area contributed by atoms with Crippen molar-refractivity contribution in [3.8, 4) is 0 Å². The number of halogens is 1. The molecule has 0 aliphatic carbocycles. The van der Waals surface area contributed by atoms with E-state index in [9.17, 15) is 9.59 Å². The Morgan fingerprint density at radius 2 is 2.26 bits per heavy atom. The molecule has 1 aromatic heterocycles. The van der Waals surface area contributed by atoms with E-state index in [2.05, 4.69) is 15.0 Å². The normalized spacial score (nSPS) is 11.7. The summed E-state index contributed by atoms with van der Waals surface area (Å²) >= 11 is 7.24. The van der Waals surface area contributed by atoms with Gasteiger partial charge in [0.2, 0.25) is 0 Å². The standard InChI is InChI=1S/C12H15ClN2O3S/c1-18-12(17)9(5-6-19-2)15-11(16)8-3-4-10(13)14-7-8/h3-4,7,9H,5-6H2,1-2H3,(H,15,16)/t9-/m1/s1. The fourth-order valence-electron chi connectivity index (χ4n) is 1.38. The van der Waals surface area contributed by atoms with Crippen LogP contribution < -0.4 is 5.32 Å². The Hall–Kier alpha value is -1.27. The molecule has 1 aromatic rings. The Labute approximate surface area is 121 Å². The molecule has 1 rings (SSSR count). The highest BCUT2D eigenvalue weighted by Crippen LogP contribution is 2.07. The molecule has 0 radical (unpaired) electrons. The van der Waals surface area contributed by atoms with Gasteiger partial charge in [0.15, 0.2) is 0 Å². The molecule has 0 aliphatic rings. The van der Waals surface area contributed by atoms with Gasteiger partial charge in [0, 0.05) is 6.20 Å². The third-order valence-electron chi connectivity index (χ3n) is 2.39. The van der Waals surface area contributed by atoms with Gasteiger partial charge < -0.3 is 10.1 Å². The lowest BCUT2D eigenvalue weighted by Crippen LogP contribution is -2.42. The number of thioether (sulfide) groups is 1. The van der Waals surface area contributed by atoms with Crippen molar-refractivity contribution in [3.63, 3.8) is 0 Å². The minimum absolute atomic E-state index is 0.309. The fraction of sp³-hybridized carbons (Fsp3) is 0.417. The van der Waals surface area contributed by atoms with Crippen LogP contribution in [0.3, 0.4) is 0 Å². The van der Waals surface area contributed by atoms with Crippen molar-refractivity contribution in [2.45, 2.75) is 12.5 Å². The van der Waals surface area contributed by atoms with Gasteiger partial charge >= 0.3 is 5.97 Å². The van der Waals surface area contributed by atoms with Gasteiger partial charge in [0.05, 0.1) is 12.7 Å². The minimum atomic E-state index is -0.652. The number of carbonyl (C=O) groups excluding carboxylic acids is 2. The smallest absolute Gasteiger partial charge is 0.328 e. The van der Waals surface area contributed by atoms with Gasteiger partial charge in [-0.25, -0.2) is 9.78 Å². The van der Waals surface area contributed by atoms with Crippen molar-refractivity contribution in [3.05, 3.63) is 29.0 Å². The molecular weight excluding hydrogens is 288 g/mol. The second-order valence-electron chi connectivity index (χ2n) is 3.70. The molecule has 0 aliphatic heterocycles. The molecule has 0 saturated carbocycles. The third-order valence-corrected chi connectivity index (χ3v) is 3.26. The van der Waals surface area contributed by atoms with Crippen LogP contribution in [0.1, 0.15) is 16.8 Å². The van der Waals surface area contributed by atoms with Gasteiger partial charge in [-0.2, -0.15) is 11.8 Å². The van der Waals surface area contributed by atoms with E-state index in [-0.39, 0.29) is 5.91 Å². The highest BCUT2D eigenvalue weighted by molar-refractivity contribution is 7.98. The van der Waals surface area contributed by atoms with E-state index in [1.54, 1.807) is 17.8 Å². The van der Waals surface area contributed by atoms with Crippen LogP contribution >= 0.6 is 23.4 Å². The quantitative estimate of drug-likeness (QED) is 0.640. The largest absolute Gasteiger partial charge is 0.467 e. The van der Waals surface area contributed by atoms with Gasteiger partial charge in [0.25, 0.3) is 5.91 Å². The zero-order valence-electron chi connectivity index (χ0n) is 10.7. The van der Waals surface area contributed by atoms with Crippen LogP contribution in [0.4, 0.5) is 0 Å². The third kappa shape index (κ3) is 5.08. The molecule has 7 heteroatoms. The predicted molar refractivity (Wildman–Crippen MR) is 75.5 cm³/mol. The monoisotopic (exact) mass is 302 g/mol. The van der Waals surface area contributed by atoms with Crippen molar-refractivity contribution in [2.24, 2.45) is 0 Å². The van der Waals surface area contributed by atoms with Gasteiger partial charge in [-0.3, -0.25) is 4.79 Å². The van der Waals surface area contributed by atoms with E-state index in [0.717, 1.165) is 5.75 Å². The molecule has 0 aromatic carbocycles. The zero-order chi connectivity index (χ0) is 14.3. The zero-order valence-corrected chi connectivity index (χ0v) is 12.3. The summed E-state index contributed by atoms with van der Waals surface area (Å²) in [7, 11) is 1.30. The number of nitrogens with one attached hydrogen (secondary N) is 1. The van der Waals surface area contributed by atoms with Crippen LogP contribution in [0.5, 0.6) is 0 Å². The molecule has 104 valence electrons. The minimum Gasteiger partial charge on any atom is -0.467 e. The van der Waals surface area contributed by atoms with Gasteiger partial charge in [0.1, 0.15) is 11.2 Å². The molecule has 1 heterocycles. The number of hydrogen-bond donors (Lipinski definition) is 1. The first-order valence-electron chi connectivity index (χ1n) is 5.57. The van der Waals surface area contributed by atoms with Crippen LogP contribution in [0, 0.1) is 0 Å². The van der Waals surface area contributed by atoms with E-state index in [0.29, 0.717) is 17.1 Å². The molecule has 0 spiro atoms. The first-order chi connectivity index (χ1) is 9.08. The number of ether oxygens (including phenoxy) is 1. The number of hydrogen-bond acceptors (Lipinski definition) is 5. The average molecular weight is 303 g/mol. The van der Waals surface area contributed by atoms with Gasteiger partial charge in [-0.1, -0.05) is 11.6 Å². The predicted octanol–water partition coefficient (Wildman–Crippen LogP) is 1.76. The Morgan fingerprint density at radius 3 is 2.79 bits per heavy atom. The summed E-state index contributed by atoms with van der Waals surface area (Å²) in [4.78, 5) is 27.3. The summed E-state index contributed by atoms with van der Waals surface area (Å²) in [6.07, 6.45) is 3.81. The lowest BCUT2D eigenvalue weighted by Gasteiger charge is -2.15. The number of aromatic nitrogens is 1. The Bertz CT molecular complexity index is 439. The number of methoxy groups -OCH3 is 1. The summed E-state index contributed by atoms with van der Waals surface area (Å²) in [5, 5.41) is 2.94. The topological polar surface area (TPSA) is 68.3 Å². The lowest BCUT2D eigenvalue weighted by molar-refractivity contribution is -0.142. The van der Waals surface area contributed by atoms with Crippen molar-refractivity contribution < 1.29 is 14.3 Å². The summed E-state index contributed by atoms with van der Waals surface area (Å²) in [6.45, 7) is 0. The highest BCUT2D eigenvalue weighted by Gasteiger charge is 2.21. The molecule has 5 nitrogen and oxygen atoms in total. The number of amides is 1. The highest BCUT2D eigenvalue weighted by atomic mass is 35.5. The van der Waals surface area contributed by atoms with Crippen LogP contribution in [-0.2, 0) is 9.53 Å². The van der Waals surface area contributed by atoms with Crippen molar-refractivity contribution in [2.75, 3.05) is 19.1 Å². The molecule has 1 amide bonds. The van der Waals surface area contributed by atoms with Crippen molar-refractivity contribution in [1.29, 1.82) is 0 Å². The number of pyridine rings is 1. The summed E-state index contributed by atoms with van der Waals surface area (Å²) in [6, 6.07) is 2.42. The average Bonchev–Trinajstić information content (AvgIpc) is 2.43. The molecule has 19 heavy (non-hydrogen) atoms. The van der Waals surface area contributed by atoms with Crippen LogP contribution in [0.2, 0.25) is 5.15 Å². The van der Waals surface area contributed by atoms with Crippen LogP contribution in [0.25, 0.3) is 0 Å². The summed E-state index contributed by atoms with van der Waals surface area (Å²) < 4.78 is 4.67. The van der Waals surface area contributed by atoms with E-state index in [1.807, 2.05) is 6.26 Å². The van der Waals surface area contributed by atoms with Gasteiger partial charge in [-0.15, -0.1) is 0 Å². The van der Waals surface area contributed by atoms with Crippen molar-refractivity contribution >= 4 is 35.2 Å². The molecule has 0 bridgehead atoms. The lowest BCUT2D eigenvalue weighted by atomic mass is 10.2. The first kappa shape index (κ1) is 15.8. The number of nitrogens with zero attached hydrogens (tertiary/aromatic N) is 1. The summed E-state index contributed by atoms with van der Waals surface area (Å²) in [5.74, 6) is -0.0798. The Morgan fingerprint density at radius 1 is 1.53 bits per heavy atom. The first-order valence-corrected chi connectivity index (χ1v) is 7.35. The summed E-state index contributed by atoms with van der Waals surface area (Å²) in [5.41, 5.74) is 0.349. The maximum absolute atomic E-state index is 11.9. The van der Waals surface area contributed by atoms with Crippen LogP contribution in [0.15, 0.2) is 18.3 Å². The molecular formula is C12H15ClN2O3S. The van der Waals surface area contributed by atoms with E-state index in [1.165, 1.54) is 19.4 Å². The Balaban J connectivity index is 2.69. The fourth-order valence-corrected chi connectivity index (χ4v) is 1.96. The maximum Gasteiger partial charge on any atom is 0.328 e. The van der Waals surface area contributed by atoms with Crippen LogP contribution in [-0.4, -0.2) is 42.0 Å². The second-order valence-corrected chi connectivity index (χ2v) is 5.07. The molecule has 1 N–H and O–H groups in total. The maximum atomic E-state index is 11.9. The Kier molecular flexibility index (Phi) is 6.66. The number of esters is 1. The molecule has 1 atom stereocenters. The molecule has 0 unspecified atom stereocenters. The van der Waals surface area contributed by atoms with E-state index in [4.69, 9.17) is 11.6 Å². The van der Waals surface area contributed by atoms with E-state index < -0.39 is 12.0 Å². The van der Waals surface area contributed by atoms with Crippen molar-refractivity contribution in [1.82, 2.24) is 10.3 Å². The van der Waals surface area contributed by atoms with E-state index >= 15 is 0 Å². The number of rotatable bonds is 6.